The van der Waals surface area contributed by atoms with Gasteiger partial charge in [-0.15, -0.1) is 11.8 Å². The molecule has 6 rings (SSSR count). The molecule has 1 N–H and O–H groups in total. The highest BCUT2D eigenvalue weighted by molar-refractivity contribution is 7.99. The fourth-order valence-electron chi connectivity index (χ4n) is 4.52. The summed E-state index contributed by atoms with van der Waals surface area (Å²) in [7, 11) is 0. The van der Waals surface area contributed by atoms with Gasteiger partial charge in [0.25, 0.3) is 0 Å². The van der Waals surface area contributed by atoms with E-state index in [1.807, 2.05) is 84.9 Å². The number of amides is 2. The van der Waals surface area contributed by atoms with Crippen molar-refractivity contribution in [1.29, 1.82) is 0 Å². The molecule has 0 aliphatic carbocycles. The SMILES string of the molecule is O=C(CN1C(=O)CC(c2ccc3c(c2)OCO3)Sc2ccccc21)Nc1cccc2ccccc12. The second-order valence-corrected chi connectivity index (χ2v) is 9.69. The third-order valence-corrected chi connectivity index (χ3v) is 7.54. The number of para-hydroxylation sites is 1. The van der Waals surface area contributed by atoms with E-state index in [1.165, 1.54) is 0 Å². The lowest BCUT2D eigenvalue weighted by Crippen LogP contribution is -2.38. The van der Waals surface area contributed by atoms with E-state index in [2.05, 4.69) is 5.32 Å². The number of carbonyl (C=O) groups is 2. The van der Waals surface area contributed by atoms with Crippen LogP contribution in [0.15, 0.2) is 89.8 Å². The predicted molar refractivity (Wildman–Crippen MR) is 137 cm³/mol. The van der Waals surface area contributed by atoms with Crippen molar-refractivity contribution in [2.75, 3.05) is 23.6 Å². The highest BCUT2D eigenvalue weighted by atomic mass is 32.2. The smallest absolute Gasteiger partial charge is 0.244 e. The van der Waals surface area contributed by atoms with E-state index in [0.29, 0.717) is 11.5 Å². The van der Waals surface area contributed by atoms with Crippen LogP contribution in [0.4, 0.5) is 11.4 Å². The van der Waals surface area contributed by atoms with Crippen molar-refractivity contribution in [2.24, 2.45) is 0 Å². The number of rotatable bonds is 4. The standard InChI is InChI=1S/C28H22N2O4S/c31-27(29-21-9-5-7-18-6-1-2-8-20(18)21)16-30-22-10-3-4-11-25(22)35-26(15-28(30)32)19-12-13-23-24(14-19)34-17-33-23/h1-14,26H,15-17H2,(H,29,31). The molecule has 0 bridgehead atoms. The molecule has 0 saturated heterocycles. The van der Waals surface area contributed by atoms with Gasteiger partial charge in [-0.2, -0.15) is 0 Å². The Kier molecular flexibility index (Phi) is 5.54. The number of hydrogen-bond acceptors (Lipinski definition) is 5. The molecule has 7 heteroatoms. The van der Waals surface area contributed by atoms with Crippen molar-refractivity contribution in [3.05, 3.63) is 90.5 Å². The number of carbonyl (C=O) groups excluding carboxylic acids is 2. The van der Waals surface area contributed by atoms with Gasteiger partial charge in [0.05, 0.1) is 5.69 Å². The predicted octanol–water partition coefficient (Wildman–Crippen LogP) is 5.78. The fraction of sp³-hybridized carbons (Fsp3) is 0.143. The van der Waals surface area contributed by atoms with Gasteiger partial charge < -0.3 is 19.7 Å². The third kappa shape index (κ3) is 4.19. The van der Waals surface area contributed by atoms with Gasteiger partial charge in [0.15, 0.2) is 11.5 Å². The summed E-state index contributed by atoms with van der Waals surface area (Å²) in [6.45, 7) is 0.144. The molecule has 0 saturated carbocycles. The summed E-state index contributed by atoms with van der Waals surface area (Å²) in [5.74, 6) is 1.07. The molecule has 0 spiro atoms. The maximum Gasteiger partial charge on any atom is 0.244 e. The Labute approximate surface area is 206 Å². The van der Waals surface area contributed by atoms with E-state index >= 15 is 0 Å². The number of hydrogen-bond donors (Lipinski definition) is 1. The third-order valence-electron chi connectivity index (χ3n) is 6.22. The minimum Gasteiger partial charge on any atom is -0.454 e. The topological polar surface area (TPSA) is 67.9 Å². The van der Waals surface area contributed by atoms with Crippen molar-refractivity contribution < 1.29 is 19.1 Å². The summed E-state index contributed by atoms with van der Waals surface area (Å²) in [6, 6.07) is 27.2. The maximum absolute atomic E-state index is 13.5. The Morgan fingerprint density at radius 2 is 1.74 bits per heavy atom. The number of ether oxygens (including phenoxy) is 2. The molecule has 2 heterocycles. The second kappa shape index (κ2) is 9.00. The first-order valence-electron chi connectivity index (χ1n) is 11.4. The van der Waals surface area contributed by atoms with Crippen LogP contribution < -0.4 is 19.7 Å². The number of anilines is 2. The van der Waals surface area contributed by atoms with Crippen LogP contribution in [0.5, 0.6) is 11.5 Å². The van der Waals surface area contributed by atoms with Crippen molar-refractivity contribution >= 4 is 45.7 Å². The first-order valence-corrected chi connectivity index (χ1v) is 12.3. The van der Waals surface area contributed by atoms with E-state index in [-0.39, 0.29) is 36.8 Å². The molecule has 2 amide bonds. The number of fused-ring (bicyclic) bond motifs is 3. The molecule has 6 nitrogen and oxygen atoms in total. The van der Waals surface area contributed by atoms with Crippen LogP contribution in [0.1, 0.15) is 17.2 Å². The molecule has 1 atom stereocenters. The zero-order valence-corrected chi connectivity index (χ0v) is 19.6. The molecule has 0 fully saturated rings. The zero-order chi connectivity index (χ0) is 23.8. The average molecular weight is 483 g/mol. The van der Waals surface area contributed by atoms with Crippen molar-refractivity contribution in [2.45, 2.75) is 16.6 Å². The lowest BCUT2D eigenvalue weighted by molar-refractivity contribution is -0.121. The molecule has 4 aromatic carbocycles. The Morgan fingerprint density at radius 3 is 2.69 bits per heavy atom. The van der Waals surface area contributed by atoms with Crippen LogP contribution in [-0.4, -0.2) is 25.2 Å². The average Bonchev–Trinajstić information content (AvgIpc) is 3.30. The Balaban J connectivity index is 1.27. The molecule has 2 aliphatic heterocycles. The zero-order valence-electron chi connectivity index (χ0n) is 18.8. The van der Waals surface area contributed by atoms with Gasteiger partial charge in [-0.05, 0) is 41.3 Å². The first-order chi connectivity index (χ1) is 17.2. The lowest BCUT2D eigenvalue weighted by atomic mass is 10.1. The van der Waals surface area contributed by atoms with Gasteiger partial charge in [0.1, 0.15) is 6.54 Å². The quantitative estimate of drug-likeness (QED) is 0.400. The van der Waals surface area contributed by atoms with Crippen LogP contribution >= 0.6 is 11.8 Å². The van der Waals surface area contributed by atoms with Crippen molar-refractivity contribution in [3.8, 4) is 11.5 Å². The minimum atomic E-state index is -0.240. The Bertz CT molecular complexity index is 1450. The summed E-state index contributed by atoms with van der Waals surface area (Å²) >= 11 is 1.63. The Morgan fingerprint density at radius 1 is 0.943 bits per heavy atom. The molecular weight excluding hydrogens is 460 g/mol. The number of benzene rings is 4. The van der Waals surface area contributed by atoms with Crippen LogP contribution in [0.3, 0.4) is 0 Å². The van der Waals surface area contributed by atoms with E-state index < -0.39 is 0 Å². The molecule has 0 aromatic heterocycles. The maximum atomic E-state index is 13.5. The molecule has 35 heavy (non-hydrogen) atoms. The largest absolute Gasteiger partial charge is 0.454 e. The van der Waals surface area contributed by atoms with Gasteiger partial charge in [-0.1, -0.05) is 54.6 Å². The summed E-state index contributed by atoms with van der Waals surface area (Å²) in [5, 5.41) is 4.91. The summed E-state index contributed by atoms with van der Waals surface area (Å²) in [5.41, 5.74) is 2.47. The monoisotopic (exact) mass is 482 g/mol. The van der Waals surface area contributed by atoms with E-state index in [1.54, 1.807) is 16.7 Å². The molecule has 2 aliphatic rings. The van der Waals surface area contributed by atoms with Gasteiger partial charge in [0, 0.05) is 27.6 Å². The minimum absolute atomic E-state index is 0.0620. The van der Waals surface area contributed by atoms with Crippen LogP contribution in [-0.2, 0) is 9.59 Å². The normalized spacial score (nSPS) is 16.6. The van der Waals surface area contributed by atoms with E-state index in [0.717, 1.165) is 32.6 Å². The highest BCUT2D eigenvalue weighted by Crippen LogP contribution is 2.47. The van der Waals surface area contributed by atoms with Gasteiger partial charge in [0.2, 0.25) is 18.6 Å². The summed E-state index contributed by atoms with van der Waals surface area (Å²) in [6.07, 6.45) is 0.264. The van der Waals surface area contributed by atoms with Crippen LogP contribution in [0.25, 0.3) is 10.8 Å². The van der Waals surface area contributed by atoms with Crippen molar-refractivity contribution in [1.82, 2.24) is 0 Å². The molecule has 0 radical (unpaired) electrons. The van der Waals surface area contributed by atoms with Gasteiger partial charge in [-0.25, -0.2) is 0 Å². The molecule has 4 aromatic rings. The summed E-state index contributed by atoms with van der Waals surface area (Å²) in [4.78, 5) is 29.2. The molecule has 1 unspecified atom stereocenters. The van der Waals surface area contributed by atoms with Crippen LogP contribution in [0.2, 0.25) is 0 Å². The number of nitrogens with one attached hydrogen (secondary N) is 1. The number of thioether (sulfide) groups is 1. The number of nitrogens with zero attached hydrogens (tertiary/aromatic N) is 1. The summed E-state index contributed by atoms with van der Waals surface area (Å²) < 4.78 is 11.0. The fourth-order valence-corrected chi connectivity index (χ4v) is 5.79. The lowest BCUT2D eigenvalue weighted by Gasteiger charge is -2.22. The van der Waals surface area contributed by atoms with Crippen molar-refractivity contribution in [3.63, 3.8) is 0 Å². The van der Waals surface area contributed by atoms with Gasteiger partial charge in [-0.3, -0.25) is 9.59 Å². The van der Waals surface area contributed by atoms with E-state index in [4.69, 9.17) is 9.47 Å². The van der Waals surface area contributed by atoms with Gasteiger partial charge >= 0.3 is 0 Å². The molecule has 174 valence electrons. The molecular formula is C28H22N2O4S. The first kappa shape index (κ1) is 21.6. The van der Waals surface area contributed by atoms with E-state index in [9.17, 15) is 9.59 Å². The second-order valence-electron chi connectivity index (χ2n) is 8.45. The Hall–Kier alpha value is -3.97. The van der Waals surface area contributed by atoms with Crippen LogP contribution in [0, 0.1) is 0 Å². The highest BCUT2D eigenvalue weighted by Gasteiger charge is 2.31.